The molecule has 0 fully saturated rings. The van der Waals surface area contributed by atoms with E-state index in [0.29, 0.717) is 45.0 Å². The molecule has 2 aromatic carbocycles. The molecule has 2 aromatic heterocycles. The van der Waals surface area contributed by atoms with Gasteiger partial charge in [-0.1, -0.05) is 47.9 Å². The molecule has 0 saturated carbocycles. The van der Waals surface area contributed by atoms with Crippen molar-refractivity contribution in [2.24, 2.45) is 0 Å². The van der Waals surface area contributed by atoms with E-state index >= 15 is 0 Å². The average molecular weight is 561 g/mol. The Labute approximate surface area is 226 Å². The van der Waals surface area contributed by atoms with Crippen molar-refractivity contribution in [2.75, 3.05) is 24.9 Å². The van der Waals surface area contributed by atoms with Crippen molar-refractivity contribution in [1.29, 1.82) is 0 Å². The maximum atomic E-state index is 13.6. The Balaban J connectivity index is 1.83. The molecule has 0 aliphatic carbocycles. The summed E-state index contributed by atoms with van der Waals surface area (Å²) in [6.45, 7) is 1.97. The molecule has 0 atom stereocenters. The normalized spacial score (nSPS) is 10.8. The van der Waals surface area contributed by atoms with Crippen LogP contribution in [0, 0.1) is 0 Å². The van der Waals surface area contributed by atoms with Crippen LogP contribution in [0.15, 0.2) is 47.3 Å². The number of nitrogens with one attached hydrogen (secondary N) is 2. The minimum Gasteiger partial charge on any atom is -0.497 e. The number of rotatable bonds is 8. The van der Waals surface area contributed by atoms with E-state index in [1.165, 1.54) is 38.5 Å². The monoisotopic (exact) mass is 560 g/mol. The summed E-state index contributed by atoms with van der Waals surface area (Å²) in [5.41, 5.74) is 0.549. The summed E-state index contributed by atoms with van der Waals surface area (Å²) in [6.07, 6.45) is 1.36. The highest BCUT2D eigenvalue weighted by molar-refractivity contribution is 7.19. The molecular formula is C25H22Cl2N4O5S. The van der Waals surface area contributed by atoms with Crippen molar-refractivity contribution in [3.63, 3.8) is 0 Å². The summed E-state index contributed by atoms with van der Waals surface area (Å²) in [7, 11) is 2.94. The highest BCUT2D eigenvalue weighted by Crippen LogP contribution is 2.31. The van der Waals surface area contributed by atoms with Crippen molar-refractivity contribution in [1.82, 2.24) is 9.38 Å². The van der Waals surface area contributed by atoms with Crippen molar-refractivity contribution < 1.29 is 19.1 Å². The third kappa shape index (κ3) is 5.71. The SMILES string of the molecule is CCCc1cc(=O)n2c(C(=O)Nc3cc(OC)ccc3OC)c(C(=O)Nc3cc(Cl)cc(Cl)c3)sc2n1. The second-order valence-electron chi connectivity index (χ2n) is 7.87. The molecule has 2 heterocycles. The van der Waals surface area contributed by atoms with E-state index < -0.39 is 17.4 Å². The van der Waals surface area contributed by atoms with E-state index in [-0.39, 0.29) is 15.5 Å². The molecule has 192 valence electrons. The van der Waals surface area contributed by atoms with E-state index in [9.17, 15) is 14.4 Å². The van der Waals surface area contributed by atoms with Crippen LogP contribution >= 0.6 is 34.5 Å². The van der Waals surface area contributed by atoms with Crippen molar-refractivity contribution >= 4 is 62.7 Å². The van der Waals surface area contributed by atoms with Crippen molar-refractivity contribution in [3.05, 3.63) is 79.1 Å². The molecule has 12 heteroatoms. The number of halogens is 2. The molecule has 37 heavy (non-hydrogen) atoms. The van der Waals surface area contributed by atoms with Gasteiger partial charge in [0, 0.05) is 33.6 Å². The van der Waals surface area contributed by atoms with Crippen LogP contribution in [0.3, 0.4) is 0 Å². The third-order valence-electron chi connectivity index (χ3n) is 5.28. The highest BCUT2D eigenvalue weighted by Gasteiger charge is 2.27. The summed E-state index contributed by atoms with van der Waals surface area (Å²) < 4.78 is 11.7. The highest BCUT2D eigenvalue weighted by atomic mass is 35.5. The second kappa shape index (κ2) is 11.2. The predicted molar refractivity (Wildman–Crippen MR) is 145 cm³/mol. The number of hydrogen-bond acceptors (Lipinski definition) is 7. The number of nitrogens with zero attached hydrogens (tertiary/aromatic N) is 2. The van der Waals surface area contributed by atoms with Crippen molar-refractivity contribution in [3.8, 4) is 11.5 Å². The number of aryl methyl sites for hydroxylation is 1. The number of fused-ring (bicyclic) bond motifs is 1. The van der Waals surface area contributed by atoms with Crippen LogP contribution in [0.1, 0.15) is 39.2 Å². The lowest BCUT2D eigenvalue weighted by Crippen LogP contribution is -2.25. The first-order valence-corrected chi connectivity index (χ1v) is 12.7. The minimum absolute atomic E-state index is 0.0197. The summed E-state index contributed by atoms with van der Waals surface area (Å²) in [5, 5.41) is 6.07. The molecule has 4 aromatic rings. The lowest BCUT2D eigenvalue weighted by atomic mass is 10.2. The molecule has 0 saturated heterocycles. The number of thiazole rings is 1. The Morgan fingerprint density at radius 1 is 1.00 bits per heavy atom. The number of aromatic nitrogens is 2. The van der Waals surface area contributed by atoms with E-state index in [2.05, 4.69) is 15.6 Å². The van der Waals surface area contributed by atoms with Crippen LogP contribution in [0.25, 0.3) is 4.96 Å². The van der Waals surface area contributed by atoms with Crippen LogP contribution < -0.4 is 25.7 Å². The number of carbonyl (C=O) groups excluding carboxylic acids is 2. The average Bonchev–Trinajstić information content (AvgIpc) is 3.24. The summed E-state index contributed by atoms with van der Waals surface area (Å²) in [6, 6.07) is 10.8. The summed E-state index contributed by atoms with van der Waals surface area (Å²) >= 11 is 13.1. The molecule has 0 aliphatic heterocycles. The predicted octanol–water partition coefficient (Wildman–Crippen LogP) is 5.54. The van der Waals surface area contributed by atoms with E-state index in [1.807, 2.05) is 6.92 Å². The molecule has 0 radical (unpaired) electrons. The first-order valence-electron chi connectivity index (χ1n) is 11.1. The van der Waals surface area contributed by atoms with Gasteiger partial charge in [-0.2, -0.15) is 0 Å². The lowest BCUT2D eigenvalue weighted by molar-refractivity contribution is 0.0989. The van der Waals surface area contributed by atoms with Crippen LogP contribution in [0.4, 0.5) is 11.4 Å². The quantitative estimate of drug-likeness (QED) is 0.293. The number of carbonyl (C=O) groups is 2. The number of methoxy groups -OCH3 is 2. The molecule has 2 amide bonds. The van der Waals surface area contributed by atoms with Gasteiger partial charge in [-0.05, 0) is 36.8 Å². The van der Waals surface area contributed by atoms with Gasteiger partial charge in [0.15, 0.2) is 4.96 Å². The van der Waals surface area contributed by atoms with Gasteiger partial charge in [0.25, 0.3) is 17.4 Å². The molecule has 4 rings (SSSR count). The minimum atomic E-state index is -0.709. The topological polar surface area (TPSA) is 111 Å². The molecule has 0 unspecified atom stereocenters. The fraction of sp³-hybridized carbons (Fsp3) is 0.200. The zero-order chi connectivity index (χ0) is 26.7. The standard InChI is InChI=1S/C25H22Cl2N4O5S/c1-4-5-15-11-20(32)31-21(23(33)30-18-12-17(35-2)6-7-19(18)36-3)22(37-25(31)29-15)24(34)28-16-9-13(26)8-14(27)10-16/h6-12H,4-5H2,1-3H3,(H,28,34)(H,30,33). The Bertz CT molecular complexity index is 1550. The van der Waals surface area contributed by atoms with Gasteiger partial charge >= 0.3 is 0 Å². The number of ether oxygens (including phenoxy) is 2. The third-order valence-corrected chi connectivity index (χ3v) is 6.75. The number of amides is 2. The number of anilines is 2. The van der Waals surface area contributed by atoms with E-state index in [4.69, 9.17) is 32.7 Å². The Hall–Kier alpha value is -3.60. The Morgan fingerprint density at radius 3 is 2.38 bits per heavy atom. The van der Waals surface area contributed by atoms with E-state index in [0.717, 1.165) is 22.2 Å². The maximum absolute atomic E-state index is 13.6. The number of hydrogen-bond donors (Lipinski definition) is 2. The molecule has 9 nitrogen and oxygen atoms in total. The Kier molecular flexibility index (Phi) is 8.01. The molecular weight excluding hydrogens is 539 g/mol. The van der Waals surface area contributed by atoms with Gasteiger partial charge in [0.2, 0.25) is 0 Å². The lowest BCUT2D eigenvalue weighted by Gasteiger charge is -2.12. The largest absolute Gasteiger partial charge is 0.497 e. The fourth-order valence-corrected chi connectivity index (χ4v) is 5.24. The second-order valence-corrected chi connectivity index (χ2v) is 9.72. The summed E-state index contributed by atoms with van der Waals surface area (Å²) in [4.78, 5) is 44.8. The molecule has 0 spiro atoms. The van der Waals surface area contributed by atoms with E-state index in [1.54, 1.807) is 18.2 Å². The molecule has 0 aliphatic rings. The smallest absolute Gasteiger partial charge is 0.274 e. The van der Waals surface area contributed by atoms with Crippen molar-refractivity contribution in [2.45, 2.75) is 19.8 Å². The number of benzene rings is 2. The molecule has 2 N–H and O–H groups in total. The van der Waals surface area contributed by atoms with Crippen LogP contribution in [-0.2, 0) is 6.42 Å². The van der Waals surface area contributed by atoms with Gasteiger partial charge in [-0.15, -0.1) is 0 Å². The van der Waals surface area contributed by atoms with Gasteiger partial charge < -0.3 is 20.1 Å². The first-order chi connectivity index (χ1) is 17.7. The van der Waals surface area contributed by atoms with Gasteiger partial charge in [0.1, 0.15) is 22.1 Å². The van der Waals surface area contributed by atoms with Crippen LogP contribution in [0.2, 0.25) is 10.0 Å². The Morgan fingerprint density at radius 2 is 1.73 bits per heavy atom. The van der Waals surface area contributed by atoms with Gasteiger partial charge in [-0.25, -0.2) is 9.38 Å². The fourth-order valence-electron chi connectivity index (χ4n) is 3.67. The van der Waals surface area contributed by atoms with Gasteiger partial charge in [0.05, 0.1) is 19.9 Å². The molecule has 0 bridgehead atoms. The first kappa shape index (κ1) is 26.5. The maximum Gasteiger partial charge on any atom is 0.274 e. The zero-order valence-electron chi connectivity index (χ0n) is 20.1. The zero-order valence-corrected chi connectivity index (χ0v) is 22.4. The van der Waals surface area contributed by atoms with Crippen LogP contribution in [0.5, 0.6) is 11.5 Å². The van der Waals surface area contributed by atoms with Gasteiger partial charge in [-0.3, -0.25) is 14.4 Å². The summed E-state index contributed by atoms with van der Waals surface area (Å²) in [5.74, 6) is -0.499. The van der Waals surface area contributed by atoms with Crippen LogP contribution in [-0.4, -0.2) is 35.4 Å².